The Labute approximate surface area is 143 Å². The van der Waals surface area contributed by atoms with Crippen LogP contribution in [0.4, 0.5) is 0 Å². The minimum atomic E-state index is -0.125. The topological polar surface area (TPSA) is 50.2 Å². The van der Waals surface area contributed by atoms with Crippen molar-refractivity contribution in [2.75, 3.05) is 0 Å². The fourth-order valence-corrected chi connectivity index (χ4v) is 2.03. The first-order valence-corrected chi connectivity index (χ1v) is 6.60. The van der Waals surface area contributed by atoms with E-state index in [0.717, 1.165) is 10.9 Å². The molecule has 116 valence electrons. The molecule has 0 fully saturated rings. The van der Waals surface area contributed by atoms with Crippen molar-refractivity contribution < 1.29 is 31.0 Å². The first kappa shape index (κ1) is 18.1. The van der Waals surface area contributed by atoms with E-state index in [2.05, 4.69) is 35.3 Å². The van der Waals surface area contributed by atoms with Gasteiger partial charge in [0, 0.05) is 33.3 Å². The number of pyridine rings is 1. The Kier molecular flexibility index (Phi) is 6.94. The van der Waals surface area contributed by atoms with Gasteiger partial charge in [-0.1, -0.05) is 18.2 Å². The van der Waals surface area contributed by atoms with Crippen LogP contribution in [0.3, 0.4) is 0 Å². The molecule has 0 spiro atoms. The number of rotatable bonds is 1. The monoisotopic (exact) mass is 473 g/mol. The molecular formula is C18H16NO2Pt-. The zero-order chi connectivity index (χ0) is 15.2. The number of ketones is 1. The summed E-state index contributed by atoms with van der Waals surface area (Å²) >= 11 is 0. The summed E-state index contributed by atoms with van der Waals surface area (Å²) in [6, 6.07) is 17.5. The van der Waals surface area contributed by atoms with Gasteiger partial charge in [0.2, 0.25) is 0 Å². The number of fused-ring (bicyclic) bond motifs is 3. The Bertz CT molecular complexity index is 753. The Morgan fingerprint density at radius 1 is 1.14 bits per heavy atom. The molecule has 0 amide bonds. The Balaban J connectivity index is 0.000000264. The fraction of sp³-hybridized carbons (Fsp3) is 0.111. The van der Waals surface area contributed by atoms with E-state index in [1.165, 1.54) is 30.7 Å². The molecule has 22 heavy (non-hydrogen) atoms. The molecule has 0 bridgehead atoms. The second-order valence-corrected chi connectivity index (χ2v) is 4.67. The van der Waals surface area contributed by atoms with E-state index < -0.39 is 0 Å². The third-order valence-electron chi connectivity index (χ3n) is 2.82. The van der Waals surface area contributed by atoms with Crippen molar-refractivity contribution >= 4 is 27.5 Å². The van der Waals surface area contributed by atoms with Crippen LogP contribution < -0.4 is 0 Å². The summed E-state index contributed by atoms with van der Waals surface area (Å²) in [7, 11) is 0. The van der Waals surface area contributed by atoms with E-state index in [1.807, 2.05) is 24.4 Å². The molecule has 4 heteroatoms. The molecule has 0 unspecified atom stereocenters. The second kappa shape index (κ2) is 8.45. The third kappa shape index (κ3) is 4.78. The van der Waals surface area contributed by atoms with Crippen LogP contribution in [0.5, 0.6) is 0 Å². The van der Waals surface area contributed by atoms with Gasteiger partial charge in [-0.3, -0.25) is 4.79 Å². The molecule has 0 saturated heterocycles. The van der Waals surface area contributed by atoms with Crippen molar-refractivity contribution in [2.45, 2.75) is 13.8 Å². The van der Waals surface area contributed by atoms with Crippen LogP contribution in [-0.4, -0.2) is 15.9 Å². The van der Waals surface area contributed by atoms with E-state index in [0.29, 0.717) is 0 Å². The normalized spacial score (nSPS) is 10.5. The van der Waals surface area contributed by atoms with Gasteiger partial charge in [0.1, 0.15) is 0 Å². The predicted octanol–water partition coefficient (Wildman–Crippen LogP) is 4.22. The zero-order valence-electron chi connectivity index (χ0n) is 12.3. The quantitative estimate of drug-likeness (QED) is 0.249. The largest absolute Gasteiger partial charge is 0.512 e. The standard InChI is InChI=1S/C13H8N.C5H8O2.Pt/c1-2-6-12-10(4-1)7-8-11-5-3-9-14-13(11)12;1-4(6)3-5(2)7;/h1-5,7-9H;3,6H,1-2H3;/q-1;;. The maximum atomic E-state index is 10.0. The maximum absolute atomic E-state index is 10.0. The van der Waals surface area contributed by atoms with Gasteiger partial charge in [-0.25, -0.2) is 0 Å². The first-order chi connectivity index (χ1) is 10.1. The number of hydrogen-bond donors (Lipinski definition) is 1. The van der Waals surface area contributed by atoms with Crippen LogP contribution >= 0.6 is 0 Å². The van der Waals surface area contributed by atoms with Crippen LogP contribution in [0, 0.1) is 6.07 Å². The molecule has 0 saturated carbocycles. The van der Waals surface area contributed by atoms with Gasteiger partial charge in [-0.15, -0.1) is 35.0 Å². The summed E-state index contributed by atoms with van der Waals surface area (Å²) < 4.78 is 0. The molecule has 0 atom stereocenters. The van der Waals surface area contributed by atoms with Gasteiger partial charge in [0.05, 0.1) is 5.76 Å². The molecule has 3 rings (SSSR count). The summed E-state index contributed by atoms with van der Waals surface area (Å²) in [6.07, 6.45) is 2.99. The van der Waals surface area contributed by atoms with Crippen molar-refractivity contribution in [3.63, 3.8) is 0 Å². The maximum Gasteiger partial charge on any atom is 0.155 e. The van der Waals surface area contributed by atoms with Crippen LogP contribution in [0.1, 0.15) is 13.8 Å². The summed E-state index contributed by atoms with van der Waals surface area (Å²) in [5.74, 6) is -0.0625. The van der Waals surface area contributed by atoms with E-state index >= 15 is 0 Å². The number of benzene rings is 2. The number of aliphatic hydroxyl groups is 1. The van der Waals surface area contributed by atoms with Crippen LogP contribution in [-0.2, 0) is 25.9 Å². The number of hydrogen-bond acceptors (Lipinski definition) is 3. The molecule has 1 heterocycles. The SMILES string of the molecule is CC(=O)C=C(C)O.[Pt].[c-]1cccc2ccc3cccnc3c12. The molecule has 0 radical (unpaired) electrons. The van der Waals surface area contributed by atoms with Crippen LogP contribution in [0.15, 0.2) is 60.5 Å². The smallest absolute Gasteiger partial charge is 0.155 e. The third-order valence-corrected chi connectivity index (χ3v) is 2.82. The van der Waals surface area contributed by atoms with Gasteiger partial charge >= 0.3 is 0 Å². The molecule has 3 aromatic rings. The summed E-state index contributed by atoms with van der Waals surface area (Å²) in [6.45, 7) is 2.85. The second-order valence-electron chi connectivity index (χ2n) is 4.67. The molecule has 1 N–H and O–H groups in total. The average molecular weight is 473 g/mol. The fourth-order valence-electron chi connectivity index (χ4n) is 2.03. The predicted molar refractivity (Wildman–Crippen MR) is 85.2 cm³/mol. The average Bonchev–Trinajstić information content (AvgIpc) is 2.46. The number of carbonyl (C=O) groups is 1. The first-order valence-electron chi connectivity index (χ1n) is 6.60. The number of nitrogens with zero attached hydrogens (tertiary/aromatic N) is 1. The number of allylic oxidation sites excluding steroid dienone is 2. The van der Waals surface area contributed by atoms with Crippen LogP contribution in [0.2, 0.25) is 0 Å². The molecular weight excluding hydrogens is 457 g/mol. The van der Waals surface area contributed by atoms with Gasteiger partial charge in [-0.2, -0.15) is 0 Å². The van der Waals surface area contributed by atoms with E-state index in [9.17, 15) is 4.79 Å². The summed E-state index contributed by atoms with van der Waals surface area (Å²) in [5.41, 5.74) is 1.03. The molecule has 1 aromatic heterocycles. The minimum absolute atomic E-state index is 0. The van der Waals surface area contributed by atoms with Crippen molar-refractivity contribution in [1.82, 2.24) is 4.98 Å². The van der Waals surface area contributed by atoms with Gasteiger partial charge < -0.3 is 10.1 Å². The Morgan fingerprint density at radius 2 is 1.82 bits per heavy atom. The van der Waals surface area contributed by atoms with E-state index in [1.54, 1.807) is 0 Å². The summed E-state index contributed by atoms with van der Waals surface area (Å²) in [4.78, 5) is 14.4. The van der Waals surface area contributed by atoms with Crippen molar-refractivity contribution in [2.24, 2.45) is 0 Å². The van der Waals surface area contributed by atoms with E-state index in [-0.39, 0.29) is 32.6 Å². The number of aromatic nitrogens is 1. The van der Waals surface area contributed by atoms with Gasteiger partial charge in [-0.05, 0) is 30.8 Å². The number of carbonyl (C=O) groups excluding carboxylic acids is 1. The molecule has 0 aliphatic carbocycles. The van der Waals surface area contributed by atoms with Gasteiger partial charge in [0.15, 0.2) is 5.78 Å². The molecule has 0 aliphatic heterocycles. The molecule has 3 nitrogen and oxygen atoms in total. The Morgan fingerprint density at radius 3 is 2.45 bits per heavy atom. The van der Waals surface area contributed by atoms with Crippen molar-refractivity contribution in [1.29, 1.82) is 0 Å². The zero-order valence-corrected chi connectivity index (χ0v) is 14.6. The van der Waals surface area contributed by atoms with Crippen LogP contribution in [0.25, 0.3) is 21.7 Å². The number of aliphatic hydroxyl groups excluding tert-OH is 1. The van der Waals surface area contributed by atoms with Crippen molar-refractivity contribution in [3.8, 4) is 0 Å². The molecule has 2 aromatic carbocycles. The van der Waals surface area contributed by atoms with E-state index in [4.69, 9.17) is 5.11 Å². The summed E-state index contributed by atoms with van der Waals surface area (Å²) in [5, 5.41) is 11.8. The minimum Gasteiger partial charge on any atom is -0.512 e. The van der Waals surface area contributed by atoms with Gasteiger partial charge in [0.25, 0.3) is 0 Å². The molecule has 0 aliphatic rings. The van der Waals surface area contributed by atoms with Crippen molar-refractivity contribution in [3.05, 3.63) is 66.6 Å². The Hall–Kier alpha value is -1.99.